The number of nitrogens with one attached hydrogen (secondary N) is 1. The summed E-state index contributed by atoms with van der Waals surface area (Å²) in [7, 11) is 0. The maximum Gasteiger partial charge on any atom is 0.251 e. The molecule has 0 aromatic heterocycles. The van der Waals surface area contributed by atoms with Crippen LogP contribution in [0.25, 0.3) is 0 Å². The summed E-state index contributed by atoms with van der Waals surface area (Å²) in [4.78, 5) is 12.3. The lowest BCUT2D eigenvalue weighted by atomic mass is 10.1. The molecule has 2 aromatic rings. The van der Waals surface area contributed by atoms with Gasteiger partial charge in [-0.15, -0.1) is 23.5 Å². The van der Waals surface area contributed by atoms with Crippen LogP contribution in [0.2, 0.25) is 0 Å². The van der Waals surface area contributed by atoms with Gasteiger partial charge in [0.1, 0.15) is 0 Å². The molecule has 5 heteroatoms. The fourth-order valence-corrected chi connectivity index (χ4v) is 5.56. The third-order valence-corrected chi connectivity index (χ3v) is 7.20. The zero-order valence-electron chi connectivity index (χ0n) is 14.3. The van der Waals surface area contributed by atoms with Crippen molar-refractivity contribution in [3.63, 3.8) is 0 Å². The fraction of sp³-hybridized carbons (Fsp3) is 0.350. The SMILES string of the molecule is CC(O)c1ccc(CNC(=O)c2ccc(C3SCCCS3)cc2)cc1. The molecule has 1 saturated heterocycles. The molecule has 3 rings (SSSR count). The highest BCUT2D eigenvalue weighted by Gasteiger charge is 2.16. The monoisotopic (exact) mass is 373 g/mol. The first-order chi connectivity index (χ1) is 12.1. The molecule has 1 aliphatic rings. The van der Waals surface area contributed by atoms with Crippen molar-refractivity contribution < 1.29 is 9.90 Å². The maximum absolute atomic E-state index is 12.3. The van der Waals surface area contributed by atoms with Gasteiger partial charge < -0.3 is 10.4 Å². The first-order valence-corrected chi connectivity index (χ1v) is 10.6. The van der Waals surface area contributed by atoms with Gasteiger partial charge in [0.25, 0.3) is 5.91 Å². The Balaban J connectivity index is 1.55. The predicted molar refractivity (Wildman–Crippen MR) is 107 cm³/mol. The van der Waals surface area contributed by atoms with E-state index in [-0.39, 0.29) is 5.91 Å². The number of carbonyl (C=O) groups is 1. The minimum absolute atomic E-state index is 0.0601. The zero-order valence-corrected chi connectivity index (χ0v) is 15.9. The number of hydrogen-bond acceptors (Lipinski definition) is 4. The summed E-state index contributed by atoms with van der Waals surface area (Å²) in [5.74, 6) is 2.37. The van der Waals surface area contributed by atoms with Crippen molar-refractivity contribution in [3.8, 4) is 0 Å². The van der Waals surface area contributed by atoms with Gasteiger partial charge in [-0.25, -0.2) is 0 Å². The smallest absolute Gasteiger partial charge is 0.251 e. The molecule has 0 saturated carbocycles. The van der Waals surface area contributed by atoms with Crippen molar-refractivity contribution in [1.29, 1.82) is 0 Å². The van der Waals surface area contributed by atoms with Crippen molar-refractivity contribution in [2.24, 2.45) is 0 Å². The lowest BCUT2D eigenvalue weighted by Gasteiger charge is -2.21. The number of aliphatic hydroxyl groups is 1. The van der Waals surface area contributed by atoms with Crippen LogP contribution in [0.3, 0.4) is 0 Å². The van der Waals surface area contributed by atoms with E-state index in [1.807, 2.05) is 59.9 Å². The van der Waals surface area contributed by atoms with Crippen LogP contribution in [-0.4, -0.2) is 22.5 Å². The van der Waals surface area contributed by atoms with Gasteiger partial charge >= 0.3 is 0 Å². The number of hydrogen-bond donors (Lipinski definition) is 2. The fourth-order valence-electron chi connectivity index (χ4n) is 2.67. The van der Waals surface area contributed by atoms with Crippen LogP contribution in [0.4, 0.5) is 0 Å². The second kappa shape index (κ2) is 8.79. The van der Waals surface area contributed by atoms with Gasteiger partial charge in [0.15, 0.2) is 0 Å². The Hall–Kier alpha value is -1.43. The number of aliphatic hydroxyl groups excluding tert-OH is 1. The van der Waals surface area contributed by atoms with Crippen LogP contribution in [0.1, 0.15) is 51.1 Å². The topological polar surface area (TPSA) is 49.3 Å². The summed E-state index contributed by atoms with van der Waals surface area (Å²) in [6.07, 6.45) is 0.812. The standard InChI is InChI=1S/C20H23NO2S2/c1-14(22)16-5-3-15(4-6-16)13-21-19(23)17-7-9-18(10-8-17)20-24-11-2-12-25-20/h3-10,14,20,22H,2,11-13H2,1H3,(H,21,23). The highest BCUT2D eigenvalue weighted by molar-refractivity contribution is 8.16. The molecule has 0 bridgehead atoms. The van der Waals surface area contributed by atoms with Gasteiger partial charge in [-0.05, 0) is 53.7 Å². The molecular weight excluding hydrogens is 350 g/mol. The van der Waals surface area contributed by atoms with E-state index >= 15 is 0 Å². The molecule has 1 amide bonds. The number of rotatable bonds is 5. The summed E-state index contributed by atoms with van der Waals surface area (Å²) in [5, 5.41) is 12.5. The van der Waals surface area contributed by atoms with E-state index in [1.165, 1.54) is 23.5 Å². The van der Waals surface area contributed by atoms with Gasteiger partial charge in [0.2, 0.25) is 0 Å². The van der Waals surface area contributed by atoms with Crippen molar-refractivity contribution in [1.82, 2.24) is 5.32 Å². The molecule has 2 aromatic carbocycles. The Morgan fingerprint density at radius 1 is 1.12 bits per heavy atom. The van der Waals surface area contributed by atoms with Gasteiger partial charge in [-0.2, -0.15) is 0 Å². The third-order valence-electron chi connectivity index (χ3n) is 4.19. The minimum Gasteiger partial charge on any atom is -0.389 e. The minimum atomic E-state index is -0.470. The van der Waals surface area contributed by atoms with Crippen LogP contribution in [0.5, 0.6) is 0 Å². The molecule has 0 radical (unpaired) electrons. The molecule has 3 nitrogen and oxygen atoms in total. The Bertz CT molecular complexity index is 693. The highest BCUT2D eigenvalue weighted by atomic mass is 32.2. The average Bonchev–Trinajstić information content (AvgIpc) is 2.67. The van der Waals surface area contributed by atoms with E-state index < -0.39 is 6.10 Å². The number of carbonyl (C=O) groups excluding carboxylic acids is 1. The summed E-state index contributed by atoms with van der Waals surface area (Å²) in [6.45, 7) is 2.22. The summed E-state index contributed by atoms with van der Waals surface area (Å²) < 4.78 is 0.498. The average molecular weight is 374 g/mol. The van der Waals surface area contributed by atoms with E-state index in [4.69, 9.17) is 0 Å². The first-order valence-electron chi connectivity index (χ1n) is 8.52. The molecule has 0 aliphatic carbocycles. The van der Waals surface area contributed by atoms with Gasteiger partial charge in [0.05, 0.1) is 10.7 Å². The summed E-state index contributed by atoms with van der Waals surface area (Å²) in [5.41, 5.74) is 3.88. The Kier molecular flexibility index (Phi) is 6.45. The Morgan fingerprint density at radius 2 is 1.76 bits per heavy atom. The van der Waals surface area contributed by atoms with Crippen molar-refractivity contribution in [2.75, 3.05) is 11.5 Å². The van der Waals surface area contributed by atoms with Crippen molar-refractivity contribution >= 4 is 29.4 Å². The molecule has 1 heterocycles. The zero-order chi connectivity index (χ0) is 17.6. The third kappa shape index (κ3) is 5.03. The molecular formula is C20H23NO2S2. The summed E-state index contributed by atoms with van der Waals surface area (Å²) in [6, 6.07) is 15.6. The molecule has 1 fully saturated rings. The molecule has 132 valence electrons. The summed E-state index contributed by atoms with van der Waals surface area (Å²) >= 11 is 3.97. The van der Waals surface area contributed by atoms with Crippen LogP contribution >= 0.6 is 23.5 Å². The van der Waals surface area contributed by atoms with Gasteiger partial charge in [0, 0.05) is 12.1 Å². The number of benzene rings is 2. The quantitative estimate of drug-likeness (QED) is 0.808. The molecule has 2 N–H and O–H groups in total. The van der Waals surface area contributed by atoms with E-state index in [0.717, 1.165) is 11.1 Å². The largest absolute Gasteiger partial charge is 0.389 e. The van der Waals surface area contributed by atoms with Gasteiger partial charge in [-0.1, -0.05) is 36.4 Å². The molecule has 1 unspecified atom stereocenters. The maximum atomic E-state index is 12.3. The molecule has 0 spiro atoms. The van der Waals surface area contributed by atoms with E-state index in [2.05, 4.69) is 17.4 Å². The van der Waals surface area contributed by atoms with Crippen LogP contribution in [-0.2, 0) is 6.54 Å². The Morgan fingerprint density at radius 3 is 2.36 bits per heavy atom. The lowest BCUT2D eigenvalue weighted by molar-refractivity contribution is 0.0951. The van der Waals surface area contributed by atoms with E-state index in [1.54, 1.807) is 6.92 Å². The van der Waals surface area contributed by atoms with Gasteiger partial charge in [-0.3, -0.25) is 4.79 Å². The molecule has 25 heavy (non-hydrogen) atoms. The number of amides is 1. The second-order valence-electron chi connectivity index (χ2n) is 6.15. The second-order valence-corrected chi connectivity index (χ2v) is 8.87. The van der Waals surface area contributed by atoms with Crippen LogP contribution in [0, 0.1) is 0 Å². The van der Waals surface area contributed by atoms with E-state index in [0.29, 0.717) is 16.7 Å². The van der Waals surface area contributed by atoms with Crippen molar-refractivity contribution in [3.05, 3.63) is 70.8 Å². The first kappa shape index (κ1) is 18.4. The lowest BCUT2D eigenvalue weighted by Crippen LogP contribution is -2.22. The van der Waals surface area contributed by atoms with Crippen LogP contribution < -0.4 is 5.32 Å². The predicted octanol–water partition coefficient (Wildman–Crippen LogP) is 4.54. The Labute approximate surface area is 157 Å². The normalized spacial score (nSPS) is 16.4. The number of thioether (sulfide) groups is 2. The molecule has 1 atom stereocenters. The van der Waals surface area contributed by atoms with Crippen molar-refractivity contribution in [2.45, 2.75) is 30.6 Å². The molecule has 1 aliphatic heterocycles. The highest BCUT2D eigenvalue weighted by Crippen LogP contribution is 2.43. The van der Waals surface area contributed by atoms with E-state index in [9.17, 15) is 9.90 Å². The van der Waals surface area contributed by atoms with Crippen LogP contribution in [0.15, 0.2) is 48.5 Å².